The highest BCUT2D eigenvalue weighted by Gasteiger charge is 2.33. The molecule has 0 fully saturated rings. The van der Waals surface area contributed by atoms with Gasteiger partial charge >= 0.3 is 0 Å². The van der Waals surface area contributed by atoms with Crippen LogP contribution in [0.3, 0.4) is 0 Å². The second-order valence-corrected chi connectivity index (χ2v) is 8.77. The number of aryl methyl sites for hydroxylation is 2. The quantitative estimate of drug-likeness (QED) is 0.233. The molecule has 0 bridgehead atoms. The van der Waals surface area contributed by atoms with Gasteiger partial charge in [0.15, 0.2) is 0 Å². The standard InChI is InChI=1S/C28H47N/c1-8-12-14-16-26-17-18-27(21-25(26)10-3)23(5)22-28(11-4,19-20-29-7)24(6)15-13-9-2/h13,15,17-18,21,24,29H,5,8-12,14,16,19-20,22H2,1-4,6-7H3/b15-13-. The van der Waals surface area contributed by atoms with Gasteiger partial charge in [0.05, 0.1) is 0 Å². The summed E-state index contributed by atoms with van der Waals surface area (Å²) in [5.74, 6) is 0.552. The second-order valence-electron chi connectivity index (χ2n) is 8.77. The average Bonchev–Trinajstić information content (AvgIpc) is 2.75. The van der Waals surface area contributed by atoms with Crippen LogP contribution in [0, 0.1) is 11.3 Å². The van der Waals surface area contributed by atoms with Crippen molar-refractivity contribution in [3.8, 4) is 0 Å². The Morgan fingerprint density at radius 2 is 1.90 bits per heavy atom. The molecule has 0 spiro atoms. The molecule has 1 nitrogen and oxygen atoms in total. The third-order valence-electron chi connectivity index (χ3n) is 6.81. The minimum absolute atomic E-state index is 0.262. The number of hydrogen-bond donors (Lipinski definition) is 1. The van der Waals surface area contributed by atoms with E-state index in [9.17, 15) is 0 Å². The summed E-state index contributed by atoms with van der Waals surface area (Å²) in [4.78, 5) is 0. The zero-order chi connectivity index (χ0) is 21.7. The number of unbranched alkanes of at least 4 members (excludes halogenated alkanes) is 2. The molecule has 0 aromatic heterocycles. The van der Waals surface area contributed by atoms with E-state index in [2.05, 4.69) is 83.9 Å². The molecule has 0 aliphatic rings. The van der Waals surface area contributed by atoms with E-state index in [4.69, 9.17) is 0 Å². The van der Waals surface area contributed by atoms with Gasteiger partial charge in [0.25, 0.3) is 0 Å². The molecule has 2 atom stereocenters. The monoisotopic (exact) mass is 397 g/mol. The van der Waals surface area contributed by atoms with Crippen molar-refractivity contribution in [2.45, 2.75) is 92.4 Å². The zero-order valence-corrected chi connectivity index (χ0v) is 20.2. The average molecular weight is 398 g/mol. The van der Waals surface area contributed by atoms with Crippen LogP contribution in [0.1, 0.15) is 96.3 Å². The number of allylic oxidation sites excluding steroid dienone is 3. The summed E-state index contributed by atoms with van der Waals surface area (Å²) in [5.41, 5.74) is 5.95. The predicted molar refractivity (Wildman–Crippen MR) is 133 cm³/mol. The fourth-order valence-corrected chi connectivity index (χ4v) is 4.53. The Balaban J connectivity index is 3.07. The van der Waals surface area contributed by atoms with Gasteiger partial charge in [0.1, 0.15) is 0 Å². The number of nitrogens with one attached hydrogen (secondary N) is 1. The number of benzene rings is 1. The lowest BCUT2D eigenvalue weighted by Gasteiger charge is -2.38. The van der Waals surface area contributed by atoms with Crippen LogP contribution in [-0.4, -0.2) is 13.6 Å². The predicted octanol–water partition coefficient (Wildman–Crippen LogP) is 7.99. The van der Waals surface area contributed by atoms with Crippen LogP contribution >= 0.6 is 0 Å². The van der Waals surface area contributed by atoms with Crippen LogP contribution in [0.5, 0.6) is 0 Å². The van der Waals surface area contributed by atoms with Crippen molar-refractivity contribution in [1.82, 2.24) is 5.32 Å². The molecular formula is C28H47N. The van der Waals surface area contributed by atoms with E-state index in [0.717, 1.165) is 25.8 Å². The van der Waals surface area contributed by atoms with Crippen LogP contribution in [0.15, 0.2) is 36.9 Å². The highest BCUT2D eigenvalue weighted by Crippen LogP contribution is 2.44. The Morgan fingerprint density at radius 1 is 1.14 bits per heavy atom. The van der Waals surface area contributed by atoms with Gasteiger partial charge in [-0.25, -0.2) is 0 Å². The van der Waals surface area contributed by atoms with E-state index in [0.29, 0.717) is 5.92 Å². The summed E-state index contributed by atoms with van der Waals surface area (Å²) in [6.45, 7) is 17.2. The maximum absolute atomic E-state index is 4.56. The SMILES string of the molecule is C=C(CC(CC)(CCNC)C(C)/C=C\CC)c1ccc(CCCCC)c(CC)c1. The highest BCUT2D eigenvalue weighted by molar-refractivity contribution is 5.65. The van der Waals surface area contributed by atoms with Crippen molar-refractivity contribution >= 4 is 5.57 Å². The van der Waals surface area contributed by atoms with Crippen LogP contribution in [0.4, 0.5) is 0 Å². The Bertz CT molecular complexity index is 627. The van der Waals surface area contributed by atoms with Crippen molar-refractivity contribution in [2.24, 2.45) is 11.3 Å². The smallest absolute Gasteiger partial charge is 0.00463 e. The number of hydrogen-bond acceptors (Lipinski definition) is 1. The van der Waals surface area contributed by atoms with Crippen LogP contribution in [0.25, 0.3) is 5.57 Å². The fourth-order valence-electron chi connectivity index (χ4n) is 4.53. The first-order chi connectivity index (χ1) is 14.0. The van der Waals surface area contributed by atoms with Crippen molar-refractivity contribution in [3.05, 3.63) is 53.6 Å². The molecule has 1 aromatic rings. The molecule has 0 heterocycles. The Morgan fingerprint density at radius 3 is 2.48 bits per heavy atom. The lowest BCUT2D eigenvalue weighted by molar-refractivity contribution is 0.189. The zero-order valence-electron chi connectivity index (χ0n) is 20.2. The Labute approximate surface area is 182 Å². The van der Waals surface area contributed by atoms with Crippen LogP contribution in [-0.2, 0) is 12.8 Å². The summed E-state index contributed by atoms with van der Waals surface area (Å²) in [6, 6.07) is 7.12. The van der Waals surface area contributed by atoms with Crippen molar-refractivity contribution in [1.29, 1.82) is 0 Å². The van der Waals surface area contributed by atoms with E-state index in [1.165, 1.54) is 60.8 Å². The van der Waals surface area contributed by atoms with Gasteiger partial charge < -0.3 is 5.32 Å². The minimum Gasteiger partial charge on any atom is -0.320 e. The second kappa shape index (κ2) is 13.8. The van der Waals surface area contributed by atoms with Crippen molar-refractivity contribution in [3.63, 3.8) is 0 Å². The van der Waals surface area contributed by atoms with Gasteiger partial charge in [-0.15, -0.1) is 0 Å². The summed E-state index contributed by atoms with van der Waals surface area (Å²) >= 11 is 0. The van der Waals surface area contributed by atoms with E-state index < -0.39 is 0 Å². The van der Waals surface area contributed by atoms with Gasteiger partial charge in [-0.1, -0.05) is 84.4 Å². The van der Waals surface area contributed by atoms with Gasteiger partial charge in [0, 0.05) is 0 Å². The molecule has 0 aliphatic heterocycles. The first-order valence-corrected chi connectivity index (χ1v) is 12.1. The molecule has 1 aromatic carbocycles. The number of rotatable bonds is 15. The minimum atomic E-state index is 0.262. The molecule has 0 radical (unpaired) electrons. The Hall–Kier alpha value is -1.34. The van der Waals surface area contributed by atoms with E-state index in [1.54, 1.807) is 0 Å². The maximum atomic E-state index is 4.56. The van der Waals surface area contributed by atoms with Gasteiger partial charge in [-0.05, 0) is 92.1 Å². The molecule has 1 N–H and O–H groups in total. The maximum Gasteiger partial charge on any atom is -0.00463 e. The molecule has 1 heteroatoms. The van der Waals surface area contributed by atoms with Crippen molar-refractivity contribution < 1.29 is 0 Å². The first kappa shape index (κ1) is 25.7. The van der Waals surface area contributed by atoms with Gasteiger partial charge in [-0.3, -0.25) is 0 Å². The molecule has 0 saturated heterocycles. The van der Waals surface area contributed by atoms with E-state index in [-0.39, 0.29) is 5.41 Å². The molecule has 0 aliphatic carbocycles. The third kappa shape index (κ3) is 7.78. The molecule has 29 heavy (non-hydrogen) atoms. The molecule has 1 rings (SSSR count). The van der Waals surface area contributed by atoms with Gasteiger partial charge in [0.2, 0.25) is 0 Å². The molecule has 164 valence electrons. The summed E-state index contributed by atoms with van der Waals surface area (Å²) < 4.78 is 0. The normalized spacial score (nSPS) is 14.8. The molecule has 2 unspecified atom stereocenters. The van der Waals surface area contributed by atoms with E-state index in [1.807, 2.05) is 0 Å². The lowest BCUT2D eigenvalue weighted by atomic mass is 9.67. The van der Waals surface area contributed by atoms with Crippen LogP contribution < -0.4 is 5.32 Å². The molecule has 0 saturated carbocycles. The molecule has 0 amide bonds. The lowest BCUT2D eigenvalue weighted by Crippen LogP contribution is -2.31. The largest absolute Gasteiger partial charge is 0.320 e. The first-order valence-electron chi connectivity index (χ1n) is 12.1. The van der Waals surface area contributed by atoms with Gasteiger partial charge in [-0.2, -0.15) is 0 Å². The topological polar surface area (TPSA) is 12.0 Å². The summed E-state index contributed by atoms with van der Waals surface area (Å²) in [6.07, 6.45) is 15.5. The Kier molecular flexibility index (Phi) is 12.2. The van der Waals surface area contributed by atoms with E-state index >= 15 is 0 Å². The summed E-state index contributed by atoms with van der Waals surface area (Å²) in [5, 5.41) is 3.38. The van der Waals surface area contributed by atoms with Crippen molar-refractivity contribution in [2.75, 3.05) is 13.6 Å². The summed E-state index contributed by atoms with van der Waals surface area (Å²) in [7, 11) is 2.06. The van der Waals surface area contributed by atoms with Crippen LogP contribution in [0.2, 0.25) is 0 Å². The molecular weight excluding hydrogens is 350 g/mol. The third-order valence-corrected chi connectivity index (χ3v) is 6.81. The fraction of sp³-hybridized carbons (Fsp3) is 0.643. The highest BCUT2D eigenvalue weighted by atomic mass is 14.8.